The average Bonchev–Trinajstić information content (AvgIpc) is 3.08. The summed E-state index contributed by atoms with van der Waals surface area (Å²) in [6.07, 6.45) is 5.10. The molecule has 7 nitrogen and oxygen atoms in total. The van der Waals surface area contributed by atoms with Gasteiger partial charge in [-0.05, 0) is 126 Å². The Bertz CT molecular complexity index is 1530. The molecule has 0 aromatic heterocycles. The number of benzene rings is 3. The molecule has 5 rings (SSSR count). The van der Waals surface area contributed by atoms with E-state index in [4.69, 9.17) is 21.1 Å². The van der Waals surface area contributed by atoms with Gasteiger partial charge < -0.3 is 24.2 Å². The van der Waals surface area contributed by atoms with Crippen LogP contribution < -0.4 is 14.4 Å². The van der Waals surface area contributed by atoms with Crippen molar-refractivity contribution in [3.05, 3.63) is 87.9 Å². The number of ether oxygens (including phenoxy) is 2. The summed E-state index contributed by atoms with van der Waals surface area (Å²) in [5.74, 6) is 1.61. The fourth-order valence-corrected chi connectivity index (χ4v) is 7.29. The van der Waals surface area contributed by atoms with Gasteiger partial charge in [-0.3, -0.25) is 9.59 Å². The van der Waals surface area contributed by atoms with Gasteiger partial charge in [-0.25, -0.2) is 0 Å². The Morgan fingerprint density at radius 2 is 1.62 bits per heavy atom. The number of nitrogens with zero attached hydrogens (tertiary/aromatic N) is 3. The summed E-state index contributed by atoms with van der Waals surface area (Å²) >= 11 is 6.30. The first kappa shape index (κ1) is 34.8. The number of hydrogen-bond acceptors (Lipinski definition) is 5. The normalized spacial score (nSPS) is 20.8. The second-order valence-corrected chi connectivity index (χ2v) is 13.7. The van der Waals surface area contributed by atoms with Crippen LogP contribution in [0.5, 0.6) is 11.5 Å². The van der Waals surface area contributed by atoms with Gasteiger partial charge in [-0.1, -0.05) is 42.8 Å². The van der Waals surface area contributed by atoms with E-state index in [1.54, 1.807) is 7.11 Å². The molecule has 8 heteroatoms. The molecule has 1 heterocycles. The highest BCUT2D eigenvalue weighted by molar-refractivity contribution is 6.30. The maximum Gasteiger partial charge on any atom is 0.232 e. The Hall–Kier alpha value is -3.55. The van der Waals surface area contributed by atoms with Crippen molar-refractivity contribution < 1.29 is 19.1 Å². The highest BCUT2D eigenvalue weighted by Crippen LogP contribution is 2.44. The third-order valence-electron chi connectivity index (χ3n) is 10.2. The molecular formula is C39H50ClN3O4. The molecule has 1 saturated carbocycles. The molecule has 0 saturated heterocycles. The second-order valence-electron chi connectivity index (χ2n) is 13.3. The van der Waals surface area contributed by atoms with Gasteiger partial charge in [-0.15, -0.1) is 0 Å². The van der Waals surface area contributed by atoms with Crippen LogP contribution in [0.2, 0.25) is 5.02 Å². The molecule has 2 unspecified atom stereocenters. The van der Waals surface area contributed by atoms with E-state index in [0.717, 1.165) is 60.0 Å². The third kappa shape index (κ3) is 7.47. The molecule has 0 spiro atoms. The van der Waals surface area contributed by atoms with Crippen molar-refractivity contribution in [2.45, 2.75) is 90.4 Å². The third-order valence-corrected chi connectivity index (χ3v) is 10.5. The average molecular weight is 660 g/mol. The van der Waals surface area contributed by atoms with E-state index in [1.807, 2.05) is 65.3 Å². The summed E-state index contributed by atoms with van der Waals surface area (Å²) in [6, 6.07) is 19.9. The van der Waals surface area contributed by atoms with Gasteiger partial charge in [0.25, 0.3) is 0 Å². The largest absolute Gasteiger partial charge is 0.493 e. The fraction of sp³-hybridized carbons (Fsp3) is 0.487. The number of amides is 2. The Balaban J connectivity index is 1.45. The molecule has 252 valence electrons. The molecule has 3 aromatic carbocycles. The van der Waals surface area contributed by atoms with Crippen LogP contribution in [0, 0.1) is 5.92 Å². The van der Waals surface area contributed by atoms with Crippen molar-refractivity contribution in [3.63, 3.8) is 0 Å². The Labute approximate surface area is 285 Å². The molecular weight excluding hydrogens is 610 g/mol. The highest BCUT2D eigenvalue weighted by atomic mass is 35.5. The minimum Gasteiger partial charge on any atom is -0.493 e. The molecule has 1 aliphatic heterocycles. The van der Waals surface area contributed by atoms with E-state index >= 15 is 0 Å². The summed E-state index contributed by atoms with van der Waals surface area (Å²) in [5.41, 5.74) is 4.71. The van der Waals surface area contributed by atoms with Gasteiger partial charge in [0.15, 0.2) is 11.5 Å². The molecule has 0 bridgehead atoms. The Kier molecular flexibility index (Phi) is 11.2. The number of methoxy groups -OCH3 is 1. The lowest BCUT2D eigenvalue weighted by molar-refractivity contribution is -0.139. The van der Waals surface area contributed by atoms with Crippen LogP contribution in [0.4, 0.5) is 5.69 Å². The fourth-order valence-electron chi connectivity index (χ4n) is 7.16. The monoisotopic (exact) mass is 659 g/mol. The van der Waals surface area contributed by atoms with E-state index < -0.39 is 0 Å². The summed E-state index contributed by atoms with van der Waals surface area (Å²) < 4.78 is 12.0. The molecule has 0 N–H and O–H groups in total. The predicted octanol–water partition coefficient (Wildman–Crippen LogP) is 8.23. The molecule has 3 aromatic rings. The summed E-state index contributed by atoms with van der Waals surface area (Å²) in [4.78, 5) is 33.9. The van der Waals surface area contributed by atoms with Crippen LogP contribution in [-0.4, -0.2) is 61.5 Å². The van der Waals surface area contributed by atoms with Crippen molar-refractivity contribution in [1.82, 2.24) is 9.80 Å². The zero-order chi connectivity index (χ0) is 33.8. The van der Waals surface area contributed by atoms with Crippen molar-refractivity contribution in [2.75, 3.05) is 32.6 Å². The number of carbonyl (C=O) groups is 2. The molecule has 1 fully saturated rings. The number of halogens is 1. The first-order valence-corrected chi connectivity index (χ1v) is 17.5. The van der Waals surface area contributed by atoms with Gasteiger partial charge in [0, 0.05) is 29.2 Å². The Morgan fingerprint density at radius 1 is 0.957 bits per heavy atom. The SMILES string of the molecule is CC[C@@H](C)Oc1cc2c(cc1OC)CC(=O)N(c1ccc(C(C)N(CC)C(=O)C3CCC(N(C)C)CC3)cc1)C2c1ccc(Cl)cc1. The zero-order valence-corrected chi connectivity index (χ0v) is 29.7. The van der Waals surface area contributed by atoms with E-state index in [9.17, 15) is 9.59 Å². The number of anilines is 1. The Morgan fingerprint density at radius 3 is 2.19 bits per heavy atom. The van der Waals surface area contributed by atoms with Crippen LogP contribution in [0.15, 0.2) is 60.7 Å². The molecule has 0 radical (unpaired) electrons. The van der Waals surface area contributed by atoms with Crippen LogP contribution in [0.25, 0.3) is 0 Å². The van der Waals surface area contributed by atoms with E-state index in [2.05, 4.69) is 51.9 Å². The molecule has 1 aliphatic carbocycles. The van der Waals surface area contributed by atoms with E-state index in [0.29, 0.717) is 29.1 Å². The quantitative estimate of drug-likeness (QED) is 0.208. The van der Waals surface area contributed by atoms with Crippen LogP contribution in [0.1, 0.15) is 94.1 Å². The van der Waals surface area contributed by atoms with Crippen LogP contribution in [0.3, 0.4) is 0 Å². The number of carbonyl (C=O) groups excluding carboxylic acids is 2. The van der Waals surface area contributed by atoms with E-state index in [1.165, 1.54) is 0 Å². The van der Waals surface area contributed by atoms with Gasteiger partial charge in [0.1, 0.15) is 0 Å². The summed E-state index contributed by atoms with van der Waals surface area (Å²) in [7, 11) is 5.88. The molecule has 2 amide bonds. The lowest BCUT2D eigenvalue weighted by atomic mass is 9.84. The summed E-state index contributed by atoms with van der Waals surface area (Å²) in [5, 5.41) is 0.636. The van der Waals surface area contributed by atoms with Gasteiger partial charge in [0.2, 0.25) is 11.8 Å². The minimum absolute atomic E-state index is 0.00501. The first-order chi connectivity index (χ1) is 22.6. The van der Waals surface area contributed by atoms with Crippen LogP contribution in [-0.2, 0) is 16.0 Å². The maximum absolute atomic E-state index is 14.0. The highest BCUT2D eigenvalue weighted by Gasteiger charge is 2.37. The number of rotatable bonds is 11. The maximum atomic E-state index is 14.0. The number of fused-ring (bicyclic) bond motifs is 1. The van der Waals surface area contributed by atoms with Crippen molar-refractivity contribution >= 4 is 29.1 Å². The smallest absolute Gasteiger partial charge is 0.232 e. The molecule has 3 atom stereocenters. The lowest BCUT2D eigenvalue weighted by Gasteiger charge is -2.39. The molecule has 47 heavy (non-hydrogen) atoms. The minimum atomic E-state index is -0.386. The van der Waals surface area contributed by atoms with Gasteiger partial charge in [0.05, 0.1) is 31.7 Å². The van der Waals surface area contributed by atoms with Crippen molar-refractivity contribution in [2.24, 2.45) is 5.92 Å². The summed E-state index contributed by atoms with van der Waals surface area (Å²) in [6.45, 7) is 8.94. The lowest BCUT2D eigenvalue weighted by Crippen LogP contribution is -2.42. The van der Waals surface area contributed by atoms with Crippen molar-refractivity contribution in [3.8, 4) is 11.5 Å². The standard InChI is InChI=1S/C39H50ClN3O4/c1-8-25(3)47-36-24-34-30(22-35(36)46-7)23-37(44)43(38(34)28-10-16-31(40)17-11-28)33-20-12-27(13-21-33)26(4)42(9-2)39(45)29-14-18-32(19-15-29)41(5)6/h10-13,16-17,20-22,24-26,29,32,38H,8-9,14-15,18-19,23H2,1-7H3/t25-,26?,29?,32?,38?/m1/s1. The van der Waals surface area contributed by atoms with Gasteiger partial charge in [-0.2, -0.15) is 0 Å². The molecule has 2 aliphatic rings. The van der Waals surface area contributed by atoms with Crippen molar-refractivity contribution in [1.29, 1.82) is 0 Å². The first-order valence-electron chi connectivity index (χ1n) is 17.1. The van der Waals surface area contributed by atoms with Gasteiger partial charge >= 0.3 is 0 Å². The topological polar surface area (TPSA) is 62.3 Å². The van der Waals surface area contributed by atoms with E-state index in [-0.39, 0.29) is 42.3 Å². The zero-order valence-electron chi connectivity index (χ0n) is 29.0. The number of hydrogen-bond donors (Lipinski definition) is 0. The van der Waals surface area contributed by atoms with Crippen LogP contribution >= 0.6 is 11.6 Å². The second kappa shape index (κ2) is 15.1. The predicted molar refractivity (Wildman–Crippen MR) is 190 cm³/mol.